The molecule has 0 bridgehead atoms. The molecule has 0 aliphatic heterocycles. The normalized spacial score (nSPS) is 10.4. The molecule has 0 fully saturated rings. The van der Waals surface area contributed by atoms with E-state index in [9.17, 15) is 20.2 Å². The molecule has 20 heavy (non-hydrogen) atoms. The highest BCUT2D eigenvalue weighted by Crippen LogP contribution is 2.24. The van der Waals surface area contributed by atoms with Crippen LogP contribution in [0.25, 0.3) is 0 Å². The van der Waals surface area contributed by atoms with E-state index in [1.807, 2.05) is 17.5 Å². The predicted octanol–water partition coefficient (Wildman–Crippen LogP) is 2.85. The molecule has 0 radical (unpaired) electrons. The lowest BCUT2D eigenvalue weighted by Gasteiger charge is -2.04. The van der Waals surface area contributed by atoms with Crippen molar-refractivity contribution in [3.63, 3.8) is 0 Å². The van der Waals surface area contributed by atoms with Gasteiger partial charge >= 0.3 is 0 Å². The molecular formula is C12H11N3O4S. The summed E-state index contributed by atoms with van der Waals surface area (Å²) in [7, 11) is 0. The van der Waals surface area contributed by atoms with Crippen LogP contribution in [0.5, 0.6) is 0 Å². The standard InChI is InChI=1S/C12H11N3O4S/c16-14(17)10-4-3-9(12(6-10)15(18)19)7-13-8-11-2-1-5-20-11/h1-6,13H,7-8H2. The molecule has 1 aromatic carbocycles. The van der Waals surface area contributed by atoms with Crippen LogP contribution in [0.3, 0.4) is 0 Å². The molecule has 7 nitrogen and oxygen atoms in total. The van der Waals surface area contributed by atoms with E-state index in [1.165, 1.54) is 12.1 Å². The Bertz CT molecular complexity index is 628. The molecule has 104 valence electrons. The average molecular weight is 293 g/mol. The van der Waals surface area contributed by atoms with Crippen LogP contribution in [0.2, 0.25) is 0 Å². The van der Waals surface area contributed by atoms with Gasteiger partial charge in [0, 0.05) is 29.6 Å². The summed E-state index contributed by atoms with van der Waals surface area (Å²) in [6, 6.07) is 7.56. The highest BCUT2D eigenvalue weighted by molar-refractivity contribution is 7.09. The molecule has 0 spiro atoms. The second kappa shape index (κ2) is 6.22. The zero-order valence-electron chi connectivity index (χ0n) is 10.3. The van der Waals surface area contributed by atoms with Gasteiger partial charge in [0.15, 0.2) is 0 Å². The molecule has 0 saturated carbocycles. The average Bonchev–Trinajstić information content (AvgIpc) is 2.91. The Morgan fingerprint density at radius 2 is 1.90 bits per heavy atom. The first-order chi connectivity index (χ1) is 9.58. The number of non-ortho nitro benzene ring substituents is 1. The van der Waals surface area contributed by atoms with E-state index < -0.39 is 9.85 Å². The molecule has 0 aliphatic rings. The molecule has 1 heterocycles. The van der Waals surface area contributed by atoms with Crippen LogP contribution < -0.4 is 5.32 Å². The third-order valence-corrected chi connectivity index (χ3v) is 3.55. The Hall–Kier alpha value is -2.32. The molecule has 0 atom stereocenters. The monoisotopic (exact) mass is 293 g/mol. The van der Waals surface area contributed by atoms with Crippen molar-refractivity contribution < 1.29 is 9.85 Å². The summed E-state index contributed by atoms with van der Waals surface area (Å²) in [6.07, 6.45) is 0. The number of rotatable bonds is 6. The summed E-state index contributed by atoms with van der Waals surface area (Å²) < 4.78 is 0. The number of nitro groups is 2. The van der Waals surface area contributed by atoms with Crippen molar-refractivity contribution in [2.75, 3.05) is 0 Å². The van der Waals surface area contributed by atoms with Crippen molar-refractivity contribution in [2.45, 2.75) is 13.1 Å². The molecule has 1 N–H and O–H groups in total. The fourth-order valence-electron chi connectivity index (χ4n) is 1.72. The van der Waals surface area contributed by atoms with Crippen molar-refractivity contribution in [1.82, 2.24) is 5.32 Å². The number of nitrogens with zero attached hydrogens (tertiary/aromatic N) is 2. The van der Waals surface area contributed by atoms with E-state index >= 15 is 0 Å². The lowest BCUT2D eigenvalue weighted by atomic mass is 10.1. The summed E-state index contributed by atoms with van der Waals surface area (Å²) >= 11 is 1.59. The molecule has 0 aliphatic carbocycles. The van der Waals surface area contributed by atoms with Crippen molar-refractivity contribution in [3.8, 4) is 0 Å². The van der Waals surface area contributed by atoms with Crippen LogP contribution in [-0.2, 0) is 13.1 Å². The van der Waals surface area contributed by atoms with Gasteiger partial charge in [-0.1, -0.05) is 6.07 Å². The minimum Gasteiger partial charge on any atom is -0.308 e. The van der Waals surface area contributed by atoms with Gasteiger partial charge in [0.1, 0.15) is 0 Å². The van der Waals surface area contributed by atoms with Crippen molar-refractivity contribution in [1.29, 1.82) is 0 Å². The van der Waals surface area contributed by atoms with Crippen molar-refractivity contribution in [3.05, 3.63) is 66.4 Å². The van der Waals surface area contributed by atoms with E-state index in [4.69, 9.17) is 0 Å². The van der Waals surface area contributed by atoms with E-state index in [0.29, 0.717) is 12.1 Å². The summed E-state index contributed by atoms with van der Waals surface area (Å²) in [6.45, 7) is 0.887. The van der Waals surface area contributed by atoms with Crippen LogP contribution in [0.4, 0.5) is 11.4 Å². The van der Waals surface area contributed by atoms with E-state index in [-0.39, 0.29) is 17.9 Å². The minimum atomic E-state index is -0.643. The van der Waals surface area contributed by atoms with Crippen molar-refractivity contribution in [2.24, 2.45) is 0 Å². The van der Waals surface area contributed by atoms with Gasteiger partial charge < -0.3 is 5.32 Å². The van der Waals surface area contributed by atoms with Crippen molar-refractivity contribution >= 4 is 22.7 Å². The number of hydrogen-bond donors (Lipinski definition) is 1. The van der Waals surface area contributed by atoms with Gasteiger partial charge in [0.2, 0.25) is 0 Å². The molecular weight excluding hydrogens is 282 g/mol. The Labute approximate surface area is 118 Å². The Kier molecular flexibility index (Phi) is 4.38. The molecule has 2 aromatic rings. The van der Waals surface area contributed by atoms with Gasteiger partial charge in [-0.3, -0.25) is 20.2 Å². The van der Waals surface area contributed by atoms with E-state index in [2.05, 4.69) is 5.32 Å². The lowest BCUT2D eigenvalue weighted by Crippen LogP contribution is -2.13. The second-order valence-electron chi connectivity index (χ2n) is 4.01. The largest absolute Gasteiger partial charge is 0.308 e. The molecule has 2 rings (SSSR count). The molecule has 0 amide bonds. The number of nitrogens with one attached hydrogen (secondary N) is 1. The fourth-order valence-corrected chi connectivity index (χ4v) is 2.39. The van der Waals surface area contributed by atoms with Gasteiger partial charge in [-0.15, -0.1) is 11.3 Å². The third-order valence-electron chi connectivity index (χ3n) is 2.67. The zero-order chi connectivity index (χ0) is 14.5. The Morgan fingerprint density at radius 1 is 1.10 bits per heavy atom. The quantitative estimate of drug-likeness (QED) is 0.652. The Morgan fingerprint density at radius 3 is 2.50 bits per heavy atom. The number of nitro benzene ring substituents is 2. The maximum absolute atomic E-state index is 10.9. The second-order valence-corrected chi connectivity index (χ2v) is 5.04. The van der Waals surface area contributed by atoms with Gasteiger partial charge in [-0.05, 0) is 17.5 Å². The van der Waals surface area contributed by atoms with Crippen LogP contribution in [0.1, 0.15) is 10.4 Å². The zero-order valence-corrected chi connectivity index (χ0v) is 11.1. The summed E-state index contributed by atoms with van der Waals surface area (Å²) in [4.78, 5) is 21.4. The van der Waals surface area contributed by atoms with Crippen LogP contribution >= 0.6 is 11.3 Å². The first-order valence-electron chi connectivity index (χ1n) is 5.72. The Balaban J connectivity index is 2.10. The van der Waals surface area contributed by atoms with E-state index in [1.54, 1.807) is 11.3 Å². The molecule has 8 heteroatoms. The number of benzene rings is 1. The molecule has 0 saturated heterocycles. The maximum Gasteiger partial charge on any atom is 0.280 e. The SMILES string of the molecule is O=[N+]([O-])c1ccc(CNCc2cccs2)c([N+](=O)[O-])c1. The topological polar surface area (TPSA) is 98.3 Å². The smallest absolute Gasteiger partial charge is 0.280 e. The first kappa shape index (κ1) is 14.1. The number of thiophene rings is 1. The lowest BCUT2D eigenvalue weighted by molar-refractivity contribution is -0.394. The summed E-state index contributed by atoms with van der Waals surface area (Å²) in [5, 5.41) is 26.6. The fraction of sp³-hybridized carbons (Fsp3) is 0.167. The third kappa shape index (κ3) is 3.37. The maximum atomic E-state index is 10.9. The first-order valence-corrected chi connectivity index (χ1v) is 6.60. The molecule has 1 aromatic heterocycles. The van der Waals surface area contributed by atoms with Gasteiger partial charge in [-0.2, -0.15) is 0 Å². The molecule has 0 unspecified atom stereocenters. The summed E-state index contributed by atoms with van der Waals surface area (Å²) in [5.41, 5.74) is -0.0891. The highest BCUT2D eigenvalue weighted by Gasteiger charge is 2.18. The van der Waals surface area contributed by atoms with Crippen LogP contribution in [0, 0.1) is 20.2 Å². The van der Waals surface area contributed by atoms with Gasteiger partial charge in [0.25, 0.3) is 11.4 Å². The van der Waals surface area contributed by atoms with Crippen LogP contribution in [-0.4, -0.2) is 9.85 Å². The van der Waals surface area contributed by atoms with Gasteiger partial charge in [-0.25, -0.2) is 0 Å². The van der Waals surface area contributed by atoms with Crippen LogP contribution in [0.15, 0.2) is 35.7 Å². The predicted molar refractivity (Wildman–Crippen MR) is 74.6 cm³/mol. The summed E-state index contributed by atoms with van der Waals surface area (Å²) in [5.74, 6) is 0. The van der Waals surface area contributed by atoms with Gasteiger partial charge in [0.05, 0.1) is 15.9 Å². The number of hydrogen-bond acceptors (Lipinski definition) is 6. The minimum absolute atomic E-state index is 0.238. The van der Waals surface area contributed by atoms with E-state index in [0.717, 1.165) is 10.9 Å². The highest BCUT2D eigenvalue weighted by atomic mass is 32.1.